The van der Waals surface area contributed by atoms with Crippen LogP contribution in [-0.4, -0.2) is 46.9 Å². The molecule has 0 saturated carbocycles. The third-order valence-corrected chi connectivity index (χ3v) is 3.23. The fraction of sp³-hybridized carbons (Fsp3) is 0.500. The molecule has 1 aliphatic rings. The van der Waals surface area contributed by atoms with Crippen LogP contribution in [0.2, 0.25) is 0 Å². The van der Waals surface area contributed by atoms with Crippen molar-refractivity contribution in [2.24, 2.45) is 0 Å². The van der Waals surface area contributed by atoms with Gasteiger partial charge in [0.15, 0.2) is 6.20 Å². The predicted octanol–water partition coefficient (Wildman–Crippen LogP) is 1.05. The molecule has 102 valence electrons. The van der Waals surface area contributed by atoms with Gasteiger partial charge in [0, 0.05) is 39.2 Å². The van der Waals surface area contributed by atoms with Crippen molar-refractivity contribution < 1.29 is 9.72 Å². The average Bonchev–Trinajstić information content (AvgIpc) is 2.64. The number of nitro groups is 1. The molecular weight excluding hydrogens is 248 g/mol. The van der Waals surface area contributed by atoms with Crippen LogP contribution in [-0.2, 0) is 4.79 Å². The number of nitrogens with zero attached hydrogens (tertiary/aromatic N) is 4. The van der Waals surface area contributed by atoms with E-state index in [4.69, 9.17) is 0 Å². The molecular formula is C12H16N4O3. The lowest BCUT2D eigenvalue weighted by Gasteiger charge is -2.21. The van der Waals surface area contributed by atoms with E-state index in [1.807, 2.05) is 4.90 Å². The molecule has 0 N–H and O–H groups in total. The fourth-order valence-corrected chi connectivity index (χ4v) is 2.16. The van der Waals surface area contributed by atoms with Gasteiger partial charge in [-0.2, -0.15) is 0 Å². The van der Waals surface area contributed by atoms with Crippen LogP contribution in [0, 0.1) is 10.1 Å². The van der Waals surface area contributed by atoms with E-state index in [-0.39, 0.29) is 11.7 Å². The van der Waals surface area contributed by atoms with Crippen LogP contribution in [0.5, 0.6) is 0 Å². The van der Waals surface area contributed by atoms with E-state index in [1.54, 1.807) is 13.0 Å². The van der Waals surface area contributed by atoms with Crippen LogP contribution in [0.4, 0.5) is 11.5 Å². The van der Waals surface area contributed by atoms with Gasteiger partial charge in [-0.05, 0) is 22.4 Å². The van der Waals surface area contributed by atoms with Crippen molar-refractivity contribution in [3.63, 3.8) is 0 Å². The Bertz CT molecular complexity index is 474. The Labute approximate surface area is 111 Å². The number of rotatable bonds is 2. The van der Waals surface area contributed by atoms with Gasteiger partial charge in [-0.1, -0.05) is 0 Å². The Morgan fingerprint density at radius 1 is 1.32 bits per heavy atom. The lowest BCUT2D eigenvalue weighted by molar-refractivity contribution is -0.389. The summed E-state index contributed by atoms with van der Waals surface area (Å²) in [6, 6.07) is 3.11. The second-order valence-corrected chi connectivity index (χ2v) is 4.48. The average molecular weight is 264 g/mol. The van der Waals surface area contributed by atoms with E-state index in [2.05, 4.69) is 9.88 Å². The van der Waals surface area contributed by atoms with Gasteiger partial charge in [0.2, 0.25) is 5.91 Å². The van der Waals surface area contributed by atoms with E-state index < -0.39 is 4.92 Å². The standard InChI is InChI=1S/C12H16N4O3/c1-10(17)14-5-2-6-15(8-7-14)11-3-4-12(13-9-11)16(18)19/h3-4,9H,2,5-8H2,1H3. The van der Waals surface area contributed by atoms with Crippen LogP contribution < -0.4 is 4.90 Å². The molecule has 19 heavy (non-hydrogen) atoms. The van der Waals surface area contributed by atoms with Gasteiger partial charge in [-0.3, -0.25) is 4.79 Å². The van der Waals surface area contributed by atoms with Gasteiger partial charge in [-0.25, -0.2) is 0 Å². The van der Waals surface area contributed by atoms with Gasteiger partial charge in [-0.15, -0.1) is 0 Å². The Morgan fingerprint density at radius 3 is 2.68 bits per heavy atom. The minimum atomic E-state index is -0.510. The van der Waals surface area contributed by atoms with Gasteiger partial charge in [0.1, 0.15) is 0 Å². The topological polar surface area (TPSA) is 79.6 Å². The first-order valence-corrected chi connectivity index (χ1v) is 6.19. The number of hydrogen-bond donors (Lipinski definition) is 0. The van der Waals surface area contributed by atoms with Gasteiger partial charge < -0.3 is 19.9 Å². The van der Waals surface area contributed by atoms with Crippen molar-refractivity contribution in [2.75, 3.05) is 31.1 Å². The van der Waals surface area contributed by atoms with Crippen molar-refractivity contribution in [3.05, 3.63) is 28.4 Å². The van der Waals surface area contributed by atoms with E-state index in [0.29, 0.717) is 6.54 Å². The summed E-state index contributed by atoms with van der Waals surface area (Å²) in [5.74, 6) is -0.0624. The van der Waals surface area contributed by atoms with Crippen LogP contribution in [0.3, 0.4) is 0 Å². The van der Waals surface area contributed by atoms with Gasteiger partial charge in [0.25, 0.3) is 0 Å². The molecule has 0 aromatic carbocycles. The third-order valence-electron chi connectivity index (χ3n) is 3.23. The van der Waals surface area contributed by atoms with Crippen LogP contribution >= 0.6 is 0 Å². The maximum absolute atomic E-state index is 11.3. The van der Waals surface area contributed by atoms with Crippen molar-refractivity contribution in [1.29, 1.82) is 0 Å². The molecule has 2 heterocycles. The molecule has 0 radical (unpaired) electrons. The highest BCUT2D eigenvalue weighted by Gasteiger charge is 2.18. The lowest BCUT2D eigenvalue weighted by atomic mass is 10.3. The first-order chi connectivity index (χ1) is 9.08. The minimum Gasteiger partial charge on any atom is -0.367 e. The first-order valence-electron chi connectivity index (χ1n) is 6.19. The maximum Gasteiger partial charge on any atom is 0.363 e. The summed E-state index contributed by atoms with van der Waals surface area (Å²) in [6.45, 7) is 4.55. The Kier molecular flexibility index (Phi) is 3.94. The van der Waals surface area contributed by atoms with E-state index >= 15 is 0 Å². The monoisotopic (exact) mass is 264 g/mol. The SMILES string of the molecule is CC(=O)N1CCCN(c2ccc([N+](=O)[O-])nc2)CC1. The molecule has 0 bridgehead atoms. The number of anilines is 1. The third kappa shape index (κ3) is 3.18. The Morgan fingerprint density at radius 2 is 2.11 bits per heavy atom. The molecule has 0 spiro atoms. The summed E-state index contributed by atoms with van der Waals surface area (Å²) in [4.78, 5) is 29.1. The molecule has 2 rings (SSSR count). The molecule has 1 amide bonds. The van der Waals surface area contributed by atoms with Crippen LogP contribution in [0.1, 0.15) is 13.3 Å². The largest absolute Gasteiger partial charge is 0.367 e. The smallest absolute Gasteiger partial charge is 0.363 e. The highest BCUT2D eigenvalue weighted by atomic mass is 16.6. The van der Waals surface area contributed by atoms with Crippen molar-refractivity contribution in [2.45, 2.75) is 13.3 Å². The van der Waals surface area contributed by atoms with Crippen LogP contribution in [0.25, 0.3) is 0 Å². The lowest BCUT2D eigenvalue weighted by Crippen LogP contribution is -2.33. The normalized spacial score (nSPS) is 16.1. The molecule has 1 saturated heterocycles. The zero-order chi connectivity index (χ0) is 13.8. The first kappa shape index (κ1) is 13.3. The van der Waals surface area contributed by atoms with E-state index in [9.17, 15) is 14.9 Å². The Balaban J connectivity index is 2.05. The number of pyridine rings is 1. The second kappa shape index (κ2) is 5.64. The number of amides is 1. The zero-order valence-electron chi connectivity index (χ0n) is 10.8. The summed E-state index contributed by atoms with van der Waals surface area (Å²) in [7, 11) is 0. The molecule has 0 aliphatic carbocycles. The highest BCUT2D eigenvalue weighted by molar-refractivity contribution is 5.73. The van der Waals surface area contributed by atoms with Gasteiger partial charge in [0.05, 0.1) is 5.69 Å². The highest BCUT2D eigenvalue weighted by Crippen LogP contribution is 2.18. The molecule has 0 unspecified atom stereocenters. The van der Waals surface area contributed by atoms with Crippen molar-refractivity contribution in [3.8, 4) is 0 Å². The second-order valence-electron chi connectivity index (χ2n) is 4.48. The quantitative estimate of drug-likeness (QED) is 0.589. The van der Waals surface area contributed by atoms with Crippen LogP contribution in [0.15, 0.2) is 18.3 Å². The molecule has 1 fully saturated rings. The predicted molar refractivity (Wildman–Crippen MR) is 70.0 cm³/mol. The number of carbonyl (C=O) groups excluding carboxylic acids is 1. The Hall–Kier alpha value is -2.18. The van der Waals surface area contributed by atoms with Crippen molar-refractivity contribution >= 4 is 17.4 Å². The summed E-state index contributed by atoms with van der Waals surface area (Å²) < 4.78 is 0. The molecule has 0 atom stereocenters. The van der Waals surface area contributed by atoms with Crippen molar-refractivity contribution in [1.82, 2.24) is 9.88 Å². The number of aromatic nitrogens is 1. The molecule has 1 aliphatic heterocycles. The zero-order valence-corrected chi connectivity index (χ0v) is 10.8. The number of carbonyl (C=O) groups is 1. The summed E-state index contributed by atoms with van der Waals surface area (Å²) in [5.41, 5.74) is 0.857. The summed E-state index contributed by atoms with van der Waals surface area (Å²) in [6.07, 6.45) is 2.40. The minimum absolute atomic E-state index is 0.0867. The van der Waals surface area contributed by atoms with E-state index in [0.717, 1.165) is 31.7 Å². The maximum atomic E-state index is 11.3. The number of hydrogen-bond acceptors (Lipinski definition) is 5. The van der Waals surface area contributed by atoms with Gasteiger partial charge >= 0.3 is 5.82 Å². The van der Waals surface area contributed by atoms with E-state index in [1.165, 1.54) is 12.3 Å². The molecule has 1 aromatic rings. The summed E-state index contributed by atoms with van der Waals surface area (Å²) >= 11 is 0. The fourth-order valence-electron chi connectivity index (χ4n) is 2.16. The summed E-state index contributed by atoms with van der Waals surface area (Å²) in [5, 5.41) is 10.5. The molecule has 7 nitrogen and oxygen atoms in total. The molecule has 1 aromatic heterocycles. The molecule has 7 heteroatoms.